The Morgan fingerprint density at radius 3 is 2.56 bits per heavy atom. The standard InChI is InChI=1S/C14H28N2O2/c1-11(14(18)16(2)15)10-13(17)9-8-12-6-4-3-5-7-12/h11-13,17H,3-10,15H2,1-2H3. The molecule has 2 unspecified atom stereocenters. The molecule has 4 nitrogen and oxygen atoms in total. The molecule has 0 radical (unpaired) electrons. The number of hydrazine groups is 1. The molecular formula is C14H28N2O2. The van der Waals surface area contributed by atoms with Gasteiger partial charge in [-0.15, -0.1) is 0 Å². The highest BCUT2D eigenvalue weighted by atomic mass is 16.3. The van der Waals surface area contributed by atoms with E-state index in [1.54, 1.807) is 7.05 Å². The first-order valence-electron chi connectivity index (χ1n) is 7.21. The quantitative estimate of drug-likeness (QED) is 0.434. The molecule has 1 amide bonds. The van der Waals surface area contributed by atoms with Gasteiger partial charge in [0.2, 0.25) is 5.91 Å². The van der Waals surface area contributed by atoms with Gasteiger partial charge >= 0.3 is 0 Å². The number of carbonyl (C=O) groups is 1. The average Bonchev–Trinajstić information content (AvgIpc) is 2.36. The van der Waals surface area contributed by atoms with Gasteiger partial charge < -0.3 is 5.11 Å². The fraction of sp³-hybridized carbons (Fsp3) is 0.929. The summed E-state index contributed by atoms with van der Waals surface area (Å²) >= 11 is 0. The van der Waals surface area contributed by atoms with Crippen molar-refractivity contribution in [2.24, 2.45) is 17.7 Å². The maximum absolute atomic E-state index is 11.6. The molecule has 0 aromatic carbocycles. The molecular weight excluding hydrogens is 228 g/mol. The van der Waals surface area contributed by atoms with Crippen LogP contribution in [0.1, 0.15) is 58.3 Å². The molecule has 1 aliphatic carbocycles. The van der Waals surface area contributed by atoms with Crippen molar-refractivity contribution in [1.82, 2.24) is 5.01 Å². The molecule has 0 aliphatic heterocycles. The van der Waals surface area contributed by atoms with E-state index in [4.69, 9.17) is 5.84 Å². The number of nitrogens with two attached hydrogens (primary N) is 1. The van der Waals surface area contributed by atoms with E-state index in [9.17, 15) is 9.90 Å². The van der Waals surface area contributed by atoms with Crippen molar-refractivity contribution in [2.45, 2.75) is 64.4 Å². The summed E-state index contributed by atoms with van der Waals surface area (Å²) < 4.78 is 0. The maximum atomic E-state index is 11.6. The number of nitrogens with zero attached hydrogens (tertiary/aromatic N) is 1. The van der Waals surface area contributed by atoms with E-state index >= 15 is 0 Å². The molecule has 1 rings (SSSR count). The molecule has 0 heterocycles. The van der Waals surface area contributed by atoms with Crippen LogP contribution in [0.25, 0.3) is 0 Å². The molecule has 1 fully saturated rings. The van der Waals surface area contributed by atoms with Crippen LogP contribution in [0.5, 0.6) is 0 Å². The second kappa shape index (κ2) is 7.74. The summed E-state index contributed by atoms with van der Waals surface area (Å²) in [6, 6.07) is 0. The van der Waals surface area contributed by atoms with E-state index in [-0.39, 0.29) is 17.9 Å². The van der Waals surface area contributed by atoms with Crippen LogP contribution in [0.3, 0.4) is 0 Å². The summed E-state index contributed by atoms with van der Waals surface area (Å²) in [5, 5.41) is 11.1. The van der Waals surface area contributed by atoms with Gasteiger partial charge in [0.05, 0.1) is 6.10 Å². The summed E-state index contributed by atoms with van der Waals surface area (Å²) in [6.07, 6.45) is 8.74. The first-order valence-corrected chi connectivity index (χ1v) is 7.21. The zero-order valence-corrected chi connectivity index (χ0v) is 11.8. The third-order valence-corrected chi connectivity index (χ3v) is 4.03. The number of carbonyl (C=O) groups excluding carboxylic acids is 1. The van der Waals surface area contributed by atoms with Crippen LogP contribution in [0.4, 0.5) is 0 Å². The Kier molecular flexibility index (Phi) is 6.65. The third kappa shape index (κ3) is 5.36. The number of hydrogen-bond donors (Lipinski definition) is 2. The van der Waals surface area contributed by atoms with Crippen LogP contribution in [-0.2, 0) is 4.79 Å². The fourth-order valence-electron chi connectivity index (χ4n) is 2.88. The summed E-state index contributed by atoms with van der Waals surface area (Å²) in [7, 11) is 1.55. The monoisotopic (exact) mass is 256 g/mol. The van der Waals surface area contributed by atoms with Crippen molar-refractivity contribution < 1.29 is 9.90 Å². The molecule has 0 bridgehead atoms. The summed E-state index contributed by atoms with van der Waals surface area (Å²) in [6.45, 7) is 1.83. The Morgan fingerprint density at radius 2 is 2.00 bits per heavy atom. The molecule has 4 heteroatoms. The molecule has 2 atom stereocenters. The van der Waals surface area contributed by atoms with Gasteiger partial charge in [-0.2, -0.15) is 0 Å². The van der Waals surface area contributed by atoms with Crippen molar-refractivity contribution in [3.05, 3.63) is 0 Å². The van der Waals surface area contributed by atoms with E-state index in [0.717, 1.165) is 23.8 Å². The molecule has 1 saturated carbocycles. The van der Waals surface area contributed by atoms with Gasteiger partial charge in [0.15, 0.2) is 0 Å². The van der Waals surface area contributed by atoms with Crippen molar-refractivity contribution in [2.75, 3.05) is 7.05 Å². The van der Waals surface area contributed by atoms with Crippen molar-refractivity contribution in [3.8, 4) is 0 Å². The molecule has 106 valence electrons. The van der Waals surface area contributed by atoms with Crippen molar-refractivity contribution in [1.29, 1.82) is 0 Å². The molecule has 18 heavy (non-hydrogen) atoms. The van der Waals surface area contributed by atoms with E-state index in [2.05, 4.69) is 0 Å². The maximum Gasteiger partial charge on any atom is 0.239 e. The summed E-state index contributed by atoms with van der Waals surface area (Å²) in [5.41, 5.74) is 0. The lowest BCUT2D eigenvalue weighted by atomic mass is 9.85. The predicted octanol–water partition coefficient (Wildman–Crippen LogP) is 2.07. The molecule has 0 aromatic rings. The van der Waals surface area contributed by atoms with Gasteiger partial charge in [0.1, 0.15) is 0 Å². The Labute approximate surface area is 111 Å². The first-order chi connectivity index (χ1) is 8.50. The van der Waals surface area contributed by atoms with Crippen LogP contribution in [0.2, 0.25) is 0 Å². The fourth-order valence-corrected chi connectivity index (χ4v) is 2.88. The lowest BCUT2D eigenvalue weighted by Crippen LogP contribution is -2.38. The predicted molar refractivity (Wildman–Crippen MR) is 72.6 cm³/mol. The highest BCUT2D eigenvalue weighted by Crippen LogP contribution is 2.28. The average molecular weight is 256 g/mol. The Morgan fingerprint density at radius 1 is 1.39 bits per heavy atom. The van der Waals surface area contributed by atoms with Crippen LogP contribution >= 0.6 is 0 Å². The van der Waals surface area contributed by atoms with Gasteiger partial charge in [-0.05, 0) is 25.2 Å². The van der Waals surface area contributed by atoms with Gasteiger partial charge in [0.25, 0.3) is 0 Å². The Balaban J connectivity index is 2.19. The zero-order valence-electron chi connectivity index (χ0n) is 11.8. The highest BCUT2D eigenvalue weighted by Gasteiger charge is 2.20. The van der Waals surface area contributed by atoms with E-state index in [1.807, 2.05) is 6.92 Å². The number of amides is 1. The molecule has 1 aliphatic rings. The molecule has 3 N–H and O–H groups in total. The highest BCUT2D eigenvalue weighted by molar-refractivity contribution is 5.77. The van der Waals surface area contributed by atoms with E-state index in [0.29, 0.717) is 6.42 Å². The SMILES string of the molecule is CC(CC(O)CCC1CCCCC1)C(=O)N(C)N. The normalized spacial score (nSPS) is 20.4. The first kappa shape index (κ1) is 15.4. The number of aliphatic hydroxyl groups excluding tert-OH is 1. The minimum absolute atomic E-state index is 0.105. The zero-order chi connectivity index (χ0) is 13.5. The van der Waals surface area contributed by atoms with E-state index in [1.165, 1.54) is 32.1 Å². The lowest BCUT2D eigenvalue weighted by molar-refractivity contribution is -0.134. The summed E-state index contributed by atoms with van der Waals surface area (Å²) in [5.74, 6) is 5.90. The molecule has 0 spiro atoms. The lowest BCUT2D eigenvalue weighted by Gasteiger charge is -2.24. The summed E-state index contributed by atoms with van der Waals surface area (Å²) in [4.78, 5) is 11.6. The van der Waals surface area contributed by atoms with Crippen LogP contribution in [0.15, 0.2) is 0 Å². The van der Waals surface area contributed by atoms with Crippen molar-refractivity contribution >= 4 is 5.91 Å². The number of rotatable bonds is 6. The molecule has 0 aromatic heterocycles. The van der Waals surface area contributed by atoms with Crippen LogP contribution < -0.4 is 5.84 Å². The Bertz CT molecular complexity index is 250. The van der Waals surface area contributed by atoms with Crippen molar-refractivity contribution in [3.63, 3.8) is 0 Å². The largest absolute Gasteiger partial charge is 0.393 e. The minimum atomic E-state index is -0.370. The topological polar surface area (TPSA) is 66.6 Å². The van der Waals surface area contributed by atoms with Crippen LogP contribution in [-0.4, -0.2) is 29.2 Å². The van der Waals surface area contributed by atoms with Gasteiger partial charge in [-0.1, -0.05) is 39.0 Å². The van der Waals surface area contributed by atoms with Gasteiger partial charge in [-0.25, -0.2) is 5.84 Å². The van der Waals surface area contributed by atoms with Gasteiger partial charge in [-0.3, -0.25) is 9.80 Å². The third-order valence-electron chi connectivity index (χ3n) is 4.03. The number of hydrogen-bond acceptors (Lipinski definition) is 3. The Hall–Kier alpha value is -0.610. The van der Waals surface area contributed by atoms with Crippen LogP contribution in [0, 0.1) is 11.8 Å². The number of aliphatic hydroxyl groups is 1. The van der Waals surface area contributed by atoms with Gasteiger partial charge in [0, 0.05) is 13.0 Å². The second-order valence-corrected chi connectivity index (χ2v) is 5.82. The minimum Gasteiger partial charge on any atom is -0.393 e. The van der Waals surface area contributed by atoms with E-state index < -0.39 is 0 Å². The smallest absolute Gasteiger partial charge is 0.239 e. The molecule has 0 saturated heterocycles. The second-order valence-electron chi connectivity index (χ2n) is 5.82.